The molecule has 3 amide bonds. The number of likely N-dealkylation sites (tertiary alicyclic amines) is 1. The molecular formula is C22H37N3O4S. The lowest BCUT2D eigenvalue weighted by molar-refractivity contribution is -0.140. The van der Waals surface area contributed by atoms with Crippen LogP contribution >= 0.6 is 11.8 Å². The van der Waals surface area contributed by atoms with Crippen molar-refractivity contribution in [1.82, 2.24) is 15.5 Å². The molecule has 30 heavy (non-hydrogen) atoms. The molecule has 7 atom stereocenters. The third-order valence-corrected chi connectivity index (χ3v) is 9.09. The molecule has 2 bridgehead atoms. The van der Waals surface area contributed by atoms with Crippen LogP contribution in [-0.4, -0.2) is 69.5 Å². The summed E-state index contributed by atoms with van der Waals surface area (Å²) in [5, 5.41) is 15.6. The van der Waals surface area contributed by atoms with E-state index < -0.39 is 16.7 Å². The van der Waals surface area contributed by atoms with Gasteiger partial charge in [-0.25, -0.2) is 0 Å². The van der Waals surface area contributed by atoms with E-state index in [1.54, 1.807) is 16.7 Å². The summed E-state index contributed by atoms with van der Waals surface area (Å²) >= 11 is 1.70. The van der Waals surface area contributed by atoms with Crippen molar-refractivity contribution < 1.29 is 19.5 Å². The number of aliphatic hydroxyl groups is 1. The highest BCUT2D eigenvalue weighted by Crippen LogP contribution is 2.68. The van der Waals surface area contributed by atoms with Crippen molar-refractivity contribution in [2.45, 2.75) is 81.9 Å². The van der Waals surface area contributed by atoms with Gasteiger partial charge >= 0.3 is 0 Å². The van der Waals surface area contributed by atoms with Crippen LogP contribution in [0.4, 0.5) is 0 Å². The highest BCUT2D eigenvalue weighted by Gasteiger charge is 2.75. The molecule has 3 aliphatic heterocycles. The molecule has 3 fully saturated rings. The molecule has 0 aliphatic carbocycles. The number of thioether (sulfide) groups is 1. The number of hydrogen-bond donors (Lipinski definition) is 3. The number of carbonyl (C=O) groups is 3. The van der Waals surface area contributed by atoms with E-state index in [1.165, 1.54) is 0 Å². The van der Waals surface area contributed by atoms with Gasteiger partial charge in [0.25, 0.3) is 0 Å². The highest BCUT2D eigenvalue weighted by atomic mass is 32.2. The van der Waals surface area contributed by atoms with E-state index in [2.05, 4.69) is 24.5 Å². The second kappa shape index (κ2) is 9.47. The SMILES string of the molecule is CCCNC(=O)[C@@H]1[C@H]2C(=O)N(CCCO)C(C(=O)NC(C)CCC)C23S[C@@H]1CC3C. The van der Waals surface area contributed by atoms with Crippen LogP contribution in [0.15, 0.2) is 0 Å². The van der Waals surface area contributed by atoms with Crippen molar-refractivity contribution in [1.29, 1.82) is 0 Å². The third-order valence-electron chi connectivity index (χ3n) is 7.01. The van der Waals surface area contributed by atoms with Gasteiger partial charge in [-0.1, -0.05) is 27.2 Å². The van der Waals surface area contributed by atoms with Crippen LogP contribution in [0.2, 0.25) is 0 Å². The molecule has 3 saturated heterocycles. The van der Waals surface area contributed by atoms with Crippen LogP contribution in [0.5, 0.6) is 0 Å². The van der Waals surface area contributed by atoms with E-state index in [1.807, 2.05) is 13.8 Å². The number of fused-ring (bicyclic) bond motifs is 1. The van der Waals surface area contributed by atoms with Crippen LogP contribution in [0.1, 0.15) is 59.8 Å². The first-order valence-corrected chi connectivity index (χ1v) is 12.4. The highest BCUT2D eigenvalue weighted by molar-refractivity contribution is 8.02. The van der Waals surface area contributed by atoms with Gasteiger partial charge in [-0.05, 0) is 38.5 Å². The number of rotatable bonds is 10. The summed E-state index contributed by atoms with van der Waals surface area (Å²) in [7, 11) is 0. The van der Waals surface area contributed by atoms with E-state index in [9.17, 15) is 19.5 Å². The average Bonchev–Trinajstić information content (AvgIpc) is 3.28. The zero-order chi connectivity index (χ0) is 22.1. The average molecular weight is 440 g/mol. The van der Waals surface area contributed by atoms with E-state index in [0.29, 0.717) is 19.5 Å². The molecule has 3 aliphatic rings. The molecule has 0 aromatic heterocycles. The molecule has 7 nitrogen and oxygen atoms in total. The molecule has 0 saturated carbocycles. The maximum atomic E-state index is 13.6. The first kappa shape index (κ1) is 23.4. The minimum Gasteiger partial charge on any atom is -0.396 e. The molecule has 3 N–H and O–H groups in total. The van der Waals surface area contributed by atoms with Crippen molar-refractivity contribution in [2.75, 3.05) is 19.7 Å². The summed E-state index contributed by atoms with van der Waals surface area (Å²) in [5.74, 6) is -0.932. The second-order valence-corrected chi connectivity index (χ2v) is 10.7. The number of hydrogen-bond acceptors (Lipinski definition) is 5. The molecule has 4 unspecified atom stereocenters. The van der Waals surface area contributed by atoms with E-state index in [0.717, 1.165) is 25.7 Å². The van der Waals surface area contributed by atoms with Gasteiger partial charge in [-0.15, -0.1) is 11.8 Å². The smallest absolute Gasteiger partial charge is 0.244 e. The van der Waals surface area contributed by atoms with Crippen LogP contribution < -0.4 is 10.6 Å². The third kappa shape index (κ3) is 3.74. The molecule has 3 heterocycles. The van der Waals surface area contributed by atoms with Crippen LogP contribution in [0, 0.1) is 17.8 Å². The molecule has 8 heteroatoms. The van der Waals surface area contributed by atoms with Gasteiger partial charge in [-0.2, -0.15) is 0 Å². The zero-order valence-corrected chi connectivity index (χ0v) is 19.5. The fraction of sp³-hybridized carbons (Fsp3) is 0.864. The topological polar surface area (TPSA) is 98.7 Å². The fourth-order valence-corrected chi connectivity index (χ4v) is 8.22. The Morgan fingerprint density at radius 1 is 1.30 bits per heavy atom. The van der Waals surface area contributed by atoms with Gasteiger partial charge in [0.15, 0.2) is 0 Å². The molecular weight excluding hydrogens is 402 g/mol. The van der Waals surface area contributed by atoms with Crippen LogP contribution in [0.25, 0.3) is 0 Å². The molecule has 1 spiro atoms. The Morgan fingerprint density at radius 3 is 2.67 bits per heavy atom. The molecule has 170 valence electrons. The normalized spacial score (nSPS) is 35.4. The number of nitrogens with zero attached hydrogens (tertiary/aromatic N) is 1. The standard InChI is InChI=1S/C22H37N3O4S/c1-5-8-14(4)24-20(28)18-22-13(3)12-15(30-22)16(19(27)23-9-6-2)17(22)21(29)25(18)10-7-11-26/h13-18,26H,5-12H2,1-4H3,(H,23,27)(H,24,28)/t13?,14?,15-,16+,17+,18?,22?/m1/s1. The maximum absolute atomic E-state index is 13.6. The minimum atomic E-state index is -0.588. The Balaban J connectivity index is 1.95. The van der Waals surface area contributed by atoms with Crippen molar-refractivity contribution >= 4 is 29.5 Å². The Bertz CT molecular complexity index is 675. The quantitative estimate of drug-likeness (QED) is 0.480. The minimum absolute atomic E-state index is 0.0340. The van der Waals surface area contributed by atoms with E-state index >= 15 is 0 Å². The summed E-state index contributed by atoms with van der Waals surface area (Å²) in [6.07, 6.45) is 3.98. The number of carbonyl (C=O) groups excluding carboxylic acids is 3. The summed E-state index contributed by atoms with van der Waals surface area (Å²) in [6.45, 7) is 9.12. The summed E-state index contributed by atoms with van der Waals surface area (Å²) in [5.41, 5.74) is 0. The second-order valence-electron chi connectivity index (χ2n) is 9.15. The molecule has 3 rings (SSSR count). The molecule has 0 aromatic rings. The summed E-state index contributed by atoms with van der Waals surface area (Å²) < 4.78 is -0.568. The predicted octanol–water partition coefficient (Wildman–Crippen LogP) is 1.54. The maximum Gasteiger partial charge on any atom is 0.244 e. The van der Waals surface area contributed by atoms with Gasteiger partial charge in [0, 0.05) is 31.0 Å². The van der Waals surface area contributed by atoms with Gasteiger partial charge in [-0.3, -0.25) is 14.4 Å². The van der Waals surface area contributed by atoms with Gasteiger partial charge in [0.1, 0.15) is 6.04 Å². The predicted molar refractivity (Wildman–Crippen MR) is 118 cm³/mol. The first-order chi connectivity index (χ1) is 14.3. The Morgan fingerprint density at radius 2 is 2.03 bits per heavy atom. The van der Waals surface area contributed by atoms with E-state index in [4.69, 9.17) is 0 Å². The van der Waals surface area contributed by atoms with Crippen molar-refractivity contribution in [3.8, 4) is 0 Å². The number of amides is 3. The lowest BCUT2D eigenvalue weighted by atomic mass is 9.66. The first-order valence-electron chi connectivity index (χ1n) is 11.5. The fourth-order valence-electron chi connectivity index (χ4n) is 5.79. The molecule has 0 radical (unpaired) electrons. The van der Waals surface area contributed by atoms with Crippen molar-refractivity contribution in [3.05, 3.63) is 0 Å². The number of aliphatic hydroxyl groups excluding tert-OH is 1. The van der Waals surface area contributed by atoms with Crippen LogP contribution in [-0.2, 0) is 14.4 Å². The van der Waals surface area contributed by atoms with Gasteiger partial charge in [0.05, 0.1) is 16.6 Å². The largest absolute Gasteiger partial charge is 0.396 e. The summed E-state index contributed by atoms with van der Waals surface area (Å²) in [6, 6.07) is -0.551. The van der Waals surface area contributed by atoms with Gasteiger partial charge in [0.2, 0.25) is 17.7 Å². The summed E-state index contributed by atoms with van der Waals surface area (Å²) in [4.78, 5) is 41.8. The Hall–Kier alpha value is -1.28. The zero-order valence-electron chi connectivity index (χ0n) is 18.6. The van der Waals surface area contributed by atoms with Gasteiger partial charge < -0.3 is 20.6 Å². The Labute approximate surface area is 184 Å². The van der Waals surface area contributed by atoms with Crippen molar-refractivity contribution in [2.24, 2.45) is 17.8 Å². The Kier molecular flexibility index (Phi) is 7.38. The van der Waals surface area contributed by atoms with Crippen LogP contribution in [0.3, 0.4) is 0 Å². The number of nitrogens with one attached hydrogen (secondary N) is 2. The monoisotopic (exact) mass is 439 g/mol. The lowest BCUT2D eigenvalue weighted by Crippen LogP contribution is -2.57. The van der Waals surface area contributed by atoms with Crippen molar-refractivity contribution in [3.63, 3.8) is 0 Å². The van der Waals surface area contributed by atoms with E-state index in [-0.39, 0.29) is 47.5 Å². The molecule has 0 aromatic carbocycles. The lowest BCUT2D eigenvalue weighted by Gasteiger charge is -2.39.